The fourth-order valence-electron chi connectivity index (χ4n) is 2.73. The molecular formula is C18H16N2O3. The van der Waals surface area contributed by atoms with Crippen molar-refractivity contribution in [3.63, 3.8) is 0 Å². The third kappa shape index (κ3) is 2.73. The fourth-order valence-corrected chi connectivity index (χ4v) is 2.73. The Kier molecular flexibility index (Phi) is 3.93. The Balaban J connectivity index is 2.02. The topological polar surface area (TPSA) is 72.2 Å². The molecule has 0 radical (unpaired) electrons. The number of hydrogen-bond donors (Lipinski definition) is 1. The number of aromatic nitrogens is 2. The summed E-state index contributed by atoms with van der Waals surface area (Å²) in [6, 6.07) is 14.2. The summed E-state index contributed by atoms with van der Waals surface area (Å²) in [7, 11) is 0. The molecule has 0 spiro atoms. The maximum atomic E-state index is 12.9. The summed E-state index contributed by atoms with van der Waals surface area (Å²) in [6.07, 6.45) is 2.14. The van der Waals surface area contributed by atoms with E-state index in [2.05, 4.69) is 4.98 Å². The van der Waals surface area contributed by atoms with Gasteiger partial charge in [0.1, 0.15) is 6.33 Å². The van der Waals surface area contributed by atoms with Crippen molar-refractivity contribution in [1.82, 2.24) is 9.55 Å². The van der Waals surface area contributed by atoms with E-state index in [1.54, 1.807) is 6.07 Å². The van der Waals surface area contributed by atoms with E-state index in [-0.39, 0.29) is 17.4 Å². The first-order chi connectivity index (χ1) is 11.1. The van der Waals surface area contributed by atoms with Crippen LogP contribution >= 0.6 is 0 Å². The molecule has 1 aromatic heterocycles. The largest absolute Gasteiger partial charge is 0.478 e. The first-order valence-electron chi connectivity index (χ1n) is 7.41. The number of aromatic carboxylic acids is 1. The Hall–Kier alpha value is -2.95. The summed E-state index contributed by atoms with van der Waals surface area (Å²) in [6.45, 7) is 1.97. The average molecular weight is 308 g/mol. The molecule has 1 atom stereocenters. The van der Waals surface area contributed by atoms with Crippen LogP contribution in [0.2, 0.25) is 0 Å². The standard InChI is InChI=1S/C18H16N2O3/c1-2-14(12-6-4-3-5-7-12)17(21)20-11-19-15-10-13(18(22)23)8-9-16(15)20/h3-11,14H,2H2,1H3,(H,22,23). The lowest BCUT2D eigenvalue weighted by molar-refractivity contribution is 0.0696. The minimum atomic E-state index is -1.01. The molecule has 3 rings (SSSR count). The van der Waals surface area contributed by atoms with Gasteiger partial charge in [-0.3, -0.25) is 9.36 Å². The summed E-state index contributed by atoms with van der Waals surface area (Å²) in [4.78, 5) is 28.1. The van der Waals surface area contributed by atoms with Gasteiger partial charge in [-0.05, 0) is 30.2 Å². The summed E-state index contributed by atoms with van der Waals surface area (Å²) < 4.78 is 1.50. The Morgan fingerprint density at radius 3 is 2.57 bits per heavy atom. The molecule has 0 saturated carbocycles. The lowest BCUT2D eigenvalue weighted by atomic mass is 9.95. The fraction of sp³-hybridized carbons (Fsp3) is 0.167. The third-order valence-corrected chi connectivity index (χ3v) is 3.94. The Labute approximate surface area is 133 Å². The number of nitrogens with zero attached hydrogens (tertiary/aromatic N) is 2. The van der Waals surface area contributed by atoms with Crippen LogP contribution in [-0.2, 0) is 0 Å². The summed E-state index contributed by atoms with van der Waals surface area (Å²) in [5, 5.41) is 9.03. The molecule has 0 aliphatic heterocycles. The van der Waals surface area contributed by atoms with Crippen molar-refractivity contribution in [2.45, 2.75) is 19.3 Å². The van der Waals surface area contributed by atoms with Crippen LogP contribution < -0.4 is 0 Å². The maximum Gasteiger partial charge on any atom is 0.335 e. The smallest absolute Gasteiger partial charge is 0.335 e. The number of carboxylic acids is 1. The van der Waals surface area contributed by atoms with Crippen molar-refractivity contribution >= 4 is 22.9 Å². The second kappa shape index (κ2) is 6.04. The Morgan fingerprint density at radius 2 is 1.91 bits per heavy atom. The molecule has 1 unspecified atom stereocenters. The highest BCUT2D eigenvalue weighted by molar-refractivity contribution is 5.97. The monoisotopic (exact) mass is 308 g/mol. The normalized spacial score (nSPS) is 12.2. The lowest BCUT2D eigenvalue weighted by Crippen LogP contribution is -2.19. The second-order valence-corrected chi connectivity index (χ2v) is 5.33. The molecular weight excluding hydrogens is 292 g/mol. The summed E-state index contributed by atoms with van der Waals surface area (Å²) in [5.74, 6) is -1.33. The predicted octanol–water partition coefficient (Wildman–Crippen LogP) is 3.57. The van der Waals surface area contributed by atoms with E-state index in [0.717, 1.165) is 5.56 Å². The Bertz CT molecular complexity index is 868. The van der Waals surface area contributed by atoms with Crippen LogP contribution in [0.4, 0.5) is 0 Å². The van der Waals surface area contributed by atoms with Gasteiger partial charge in [0.2, 0.25) is 5.91 Å². The zero-order valence-electron chi connectivity index (χ0n) is 12.6. The molecule has 3 aromatic rings. The zero-order valence-corrected chi connectivity index (χ0v) is 12.6. The van der Waals surface area contributed by atoms with Crippen molar-refractivity contribution in [1.29, 1.82) is 0 Å². The Morgan fingerprint density at radius 1 is 1.17 bits per heavy atom. The van der Waals surface area contributed by atoms with Gasteiger partial charge >= 0.3 is 5.97 Å². The molecule has 5 heteroatoms. The van der Waals surface area contributed by atoms with Crippen molar-refractivity contribution in [2.24, 2.45) is 0 Å². The van der Waals surface area contributed by atoms with Crippen molar-refractivity contribution < 1.29 is 14.7 Å². The quantitative estimate of drug-likeness (QED) is 0.799. The van der Waals surface area contributed by atoms with Gasteiger partial charge in [0.05, 0.1) is 22.5 Å². The number of hydrogen-bond acceptors (Lipinski definition) is 3. The van der Waals surface area contributed by atoms with E-state index >= 15 is 0 Å². The molecule has 0 bridgehead atoms. The van der Waals surface area contributed by atoms with E-state index < -0.39 is 5.97 Å². The van der Waals surface area contributed by atoms with Crippen LogP contribution in [-0.4, -0.2) is 26.5 Å². The van der Waals surface area contributed by atoms with E-state index in [0.29, 0.717) is 17.5 Å². The number of imidazole rings is 1. The van der Waals surface area contributed by atoms with Gasteiger partial charge < -0.3 is 5.11 Å². The minimum Gasteiger partial charge on any atom is -0.478 e. The minimum absolute atomic E-state index is 0.0655. The van der Waals surface area contributed by atoms with E-state index in [4.69, 9.17) is 5.11 Å². The lowest BCUT2D eigenvalue weighted by Gasteiger charge is -2.15. The van der Waals surface area contributed by atoms with Crippen LogP contribution in [0.1, 0.15) is 40.0 Å². The maximum absolute atomic E-state index is 12.9. The first kappa shape index (κ1) is 15.0. The SMILES string of the molecule is CCC(C(=O)n1cnc2cc(C(=O)O)ccc21)c1ccccc1. The van der Waals surface area contributed by atoms with E-state index in [1.165, 1.54) is 23.0 Å². The first-order valence-corrected chi connectivity index (χ1v) is 7.41. The molecule has 5 nitrogen and oxygen atoms in total. The predicted molar refractivity (Wildman–Crippen MR) is 86.8 cm³/mol. The number of carboxylic acid groups (broad SMARTS) is 1. The number of benzene rings is 2. The van der Waals surface area contributed by atoms with Crippen LogP contribution in [0.25, 0.3) is 11.0 Å². The van der Waals surface area contributed by atoms with Gasteiger partial charge in [-0.1, -0.05) is 37.3 Å². The van der Waals surface area contributed by atoms with E-state index in [9.17, 15) is 9.59 Å². The molecule has 0 amide bonds. The molecule has 116 valence electrons. The molecule has 0 fully saturated rings. The zero-order chi connectivity index (χ0) is 16.4. The van der Waals surface area contributed by atoms with Crippen molar-refractivity contribution in [2.75, 3.05) is 0 Å². The van der Waals surface area contributed by atoms with Crippen LogP contribution in [0.5, 0.6) is 0 Å². The molecule has 1 heterocycles. The van der Waals surface area contributed by atoms with Crippen LogP contribution in [0, 0.1) is 0 Å². The van der Waals surface area contributed by atoms with Gasteiger partial charge in [0.25, 0.3) is 0 Å². The third-order valence-electron chi connectivity index (χ3n) is 3.94. The second-order valence-electron chi connectivity index (χ2n) is 5.33. The molecule has 0 aliphatic carbocycles. The molecule has 0 aliphatic rings. The van der Waals surface area contributed by atoms with Crippen molar-refractivity contribution in [3.8, 4) is 0 Å². The summed E-state index contributed by atoms with van der Waals surface area (Å²) >= 11 is 0. The van der Waals surface area contributed by atoms with Gasteiger partial charge in [-0.15, -0.1) is 0 Å². The van der Waals surface area contributed by atoms with Gasteiger partial charge in [-0.2, -0.15) is 0 Å². The highest BCUT2D eigenvalue weighted by atomic mass is 16.4. The molecule has 0 saturated heterocycles. The number of fused-ring (bicyclic) bond motifs is 1. The molecule has 1 N–H and O–H groups in total. The van der Waals surface area contributed by atoms with Gasteiger partial charge in [0, 0.05) is 0 Å². The summed E-state index contributed by atoms with van der Waals surface area (Å²) in [5.41, 5.74) is 2.24. The van der Waals surface area contributed by atoms with Crippen LogP contribution in [0.3, 0.4) is 0 Å². The number of rotatable bonds is 4. The van der Waals surface area contributed by atoms with Gasteiger partial charge in [-0.25, -0.2) is 9.78 Å². The average Bonchev–Trinajstić information content (AvgIpc) is 2.99. The highest BCUT2D eigenvalue weighted by Crippen LogP contribution is 2.24. The molecule has 2 aromatic carbocycles. The number of carbonyl (C=O) groups excluding carboxylic acids is 1. The van der Waals surface area contributed by atoms with E-state index in [1.807, 2.05) is 37.3 Å². The van der Waals surface area contributed by atoms with Gasteiger partial charge in [0.15, 0.2) is 0 Å². The molecule has 23 heavy (non-hydrogen) atoms. The highest BCUT2D eigenvalue weighted by Gasteiger charge is 2.22. The van der Waals surface area contributed by atoms with Crippen LogP contribution in [0.15, 0.2) is 54.9 Å². The van der Waals surface area contributed by atoms with Crippen molar-refractivity contribution in [3.05, 3.63) is 66.0 Å². The number of carbonyl (C=O) groups is 2.